The van der Waals surface area contributed by atoms with Crippen LogP contribution in [0.15, 0.2) is 24.3 Å². The Labute approximate surface area is 93.9 Å². The number of hydrogen-bond donors (Lipinski definition) is 1. The summed E-state index contributed by atoms with van der Waals surface area (Å²) in [4.78, 5) is 0. The molecule has 0 spiro atoms. The highest BCUT2D eigenvalue weighted by Crippen LogP contribution is 2.29. The lowest BCUT2D eigenvalue weighted by molar-refractivity contribution is 0.481. The second kappa shape index (κ2) is 4.19. The summed E-state index contributed by atoms with van der Waals surface area (Å²) in [5, 5.41) is 10.7. The minimum Gasteiger partial charge on any atom is -0.507 e. The quantitative estimate of drug-likeness (QED) is 0.860. The first-order valence-electron chi connectivity index (χ1n) is 5.07. The van der Waals surface area contributed by atoms with E-state index in [-0.39, 0.29) is 0 Å². The van der Waals surface area contributed by atoms with Gasteiger partial charge < -0.3 is 9.67 Å². The minimum absolute atomic E-state index is 0.377. The molecule has 3 heteroatoms. The first kappa shape index (κ1) is 10.4. The Bertz CT molecular complexity index is 476. The summed E-state index contributed by atoms with van der Waals surface area (Å²) < 4.78 is 2.26. The van der Waals surface area contributed by atoms with Crippen molar-refractivity contribution in [1.29, 1.82) is 0 Å². The van der Waals surface area contributed by atoms with E-state index in [9.17, 15) is 5.11 Å². The zero-order valence-corrected chi connectivity index (χ0v) is 9.84. The molecule has 0 fully saturated rings. The SMILES string of the molecule is CCn1c(CSC)cc2c(O)cccc21. The highest BCUT2D eigenvalue weighted by Gasteiger charge is 2.09. The van der Waals surface area contributed by atoms with Crippen LogP contribution in [-0.2, 0) is 12.3 Å². The summed E-state index contributed by atoms with van der Waals surface area (Å²) in [6.45, 7) is 3.08. The molecule has 0 aliphatic heterocycles. The molecule has 2 rings (SSSR count). The van der Waals surface area contributed by atoms with Crippen LogP contribution in [0.2, 0.25) is 0 Å². The number of aryl methyl sites for hydroxylation is 1. The molecule has 2 aromatic rings. The number of fused-ring (bicyclic) bond motifs is 1. The average molecular weight is 221 g/mol. The number of rotatable bonds is 3. The predicted octanol–water partition coefficient (Wildman–Crippen LogP) is 3.23. The van der Waals surface area contributed by atoms with Gasteiger partial charge >= 0.3 is 0 Å². The van der Waals surface area contributed by atoms with E-state index in [4.69, 9.17) is 0 Å². The molecule has 0 unspecified atom stereocenters. The number of aromatic hydroxyl groups is 1. The van der Waals surface area contributed by atoms with Crippen LogP contribution in [0.4, 0.5) is 0 Å². The van der Waals surface area contributed by atoms with Crippen LogP contribution in [0.3, 0.4) is 0 Å². The highest BCUT2D eigenvalue weighted by molar-refractivity contribution is 7.97. The second-order valence-corrected chi connectivity index (χ2v) is 4.39. The fraction of sp³-hybridized carbons (Fsp3) is 0.333. The van der Waals surface area contributed by atoms with Gasteiger partial charge in [0.05, 0.1) is 5.52 Å². The van der Waals surface area contributed by atoms with E-state index in [0.29, 0.717) is 5.75 Å². The van der Waals surface area contributed by atoms with Crippen molar-refractivity contribution in [3.05, 3.63) is 30.0 Å². The Kier molecular flexibility index (Phi) is 2.91. The van der Waals surface area contributed by atoms with Crippen molar-refractivity contribution in [1.82, 2.24) is 4.57 Å². The van der Waals surface area contributed by atoms with E-state index in [0.717, 1.165) is 23.2 Å². The van der Waals surface area contributed by atoms with E-state index in [1.54, 1.807) is 17.8 Å². The molecule has 0 aliphatic rings. The molecule has 80 valence electrons. The third kappa shape index (κ3) is 1.72. The fourth-order valence-corrected chi connectivity index (χ4v) is 2.50. The molecule has 0 radical (unpaired) electrons. The van der Waals surface area contributed by atoms with Crippen molar-refractivity contribution >= 4 is 22.7 Å². The van der Waals surface area contributed by atoms with Crippen LogP contribution in [0.5, 0.6) is 5.75 Å². The third-order valence-corrected chi connectivity index (χ3v) is 3.20. The molecule has 2 nitrogen and oxygen atoms in total. The molecular formula is C12H15NOS. The smallest absolute Gasteiger partial charge is 0.124 e. The maximum Gasteiger partial charge on any atom is 0.124 e. The van der Waals surface area contributed by atoms with Gasteiger partial charge in [-0.3, -0.25) is 0 Å². The van der Waals surface area contributed by atoms with Gasteiger partial charge in [-0.15, -0.1) is 0 Å². The molecule has 0 aliphatic carbocycles. The van der Waals surface area contributed by atoms with Crippen molar-refractivity contribution < 1.29 is 5.11 Å². The Morgan fingerprint density at radius 1 is 1.40 bits per heavy atom. The number of hydrogen-bond acceptors (Lipinski definition) is 2. The molecule has 15 heavy (non-hydrogen) atoms. The lowest BCUT2D eigenvalue weighted by Crippen LogP contribution is -1.98. The van der Waals surface area contributed by atoms with E-state index in [1.807, 2.05) is 6.07 Å². The van der Waals surface area contributed by atoms with Gasteiger partial charge in [0, 0.05) is 23.4 Å². The van der Waals surface area contributed by atoms with Crippen molar-refractivity contribution in [3.63, 3.8) is 0 Å². The van der Waals surface area contributed by atoms with Crippen molar-refractivity contribution in [2.75, 3.05) is 6.26 Å². The van der Waals surface area contributed by atoms with Crippen LogP contribution in [0, 0.1) is 0 Å². The first-order valence-corrected chi connectivity index (χ1v) is 6.46. The van der Waals surface area contributed by atoms with Crippen molar-refractivity contribution in [2.24, 2.45) is 0 Å². The van der Waals surface area contributed by atoms with Crippen LogP contribution in [0.1, 0.15) is 12.6 Å². The van der Waals surface area contributed by atoms with Crippen LogP contribution in [0.25, 0.3) is 10.9 Å². The average Bonchev–Trinajstić information content (AvgIpc) is 2.58. The first-order chi connectivity index (χ1) is 7.27. The maximum atomic E-state index is 9.75. The second-order valence-electron chi connectivity index (χ2n) is 3.52. The van der Waals surface area contributed by atoms with Gasteiger partial charge in [-0.2, -0.15) is 11.8 Å². The van der Waals surface area contributed by atoms with Crippen molar-refractivity contribution in [3.8, 4) is 5.75 Å². The van der Waals surface area contributed by atoms with Gasteiger partial charge in [-0.05, 0) is 31.4 Å². The normalized spacial score (nSPS) is 11.1. The molecule has 0 amide bonds. The molecule has 1 aromatic carbocycles. The van der Waals surface area contributed by atoms with Gasteiger partial charge in [0.25, 0.3) is 0 Å². The fourth-order valence-electron chi connectivity index (χ4n) is 1.96. The standard InChI is InChI=1S/C12H15NOS/c1-3-13-9(8-15-2)7-10-11(13)5-4-6-12(10)14/h4-7,14H,3,8H2,1-2H3. The molecular weight excluding hydrogens is 206 g/mol. The largest absolute Gasteiger partial charge is 0.507 e. The van der Waals surface area contributed by atoms with Gasteiger partial charge in [0.2, 0.25) is 0 Å². The van der Waals surface area contributed by atoms with Gasteiger partial charge in [-0.1, -0.05) is 6.07 Å². The van der Waals surface area contributed by atoms with E-state index in [2.05, 4.69) is 29.9 Å². The van der Waals surface area contributed by atoms with Crippen LogP contribution < -0.4 is 0 Å². The summed E-state index contributed by atoms with van der Waals surface area (Å²) in [6, 6.07) is 7.78. The summed E-state index contributed by atoms with van der Waals surface area (Å²) in [7, 11) is 0. The lowest BCUT2D eigenvalue weighted by Gasteiger charge is -2.06. The maximum absolute atomic E-state index is 9.75. The Morgan fingerprint density at radius 2 is 2.20 bits per heavy atom. The third-order valence-electron chi connectivity index (χ3n) is 2.62. The van der Waals surface area contributed by atoms with Crippen molar-refractivity contribution in [2.45, 2.75) is 19.2 Å². The van der Waals surface area contributed by atoms with E-state index >= 15 is 0 Å². The zero-order valence-electron chi connectivity index (χ0n) is 9.03. The molecule has 0 saturated heterocycles. The summed E-state index contributed by atoms with van der Waals surface area (Å²) in [5.74, 6) is 1.36. The zero-order chi connectivity index (χ0) is 10.8. The van der Waals surface area contributed by atoms with Gasteiger partial charge in [-0.25, -0.2) is 0 Å². The molecule has 1 N–H and O–H groups in total. The number of nitrogens with zero attached hydrogens (tertiary/aromatic N) is 1. The molecule has 0 atom stereocenters. The Hall–Kier alpha value is -1.09. The monoisotopic (exact) mass is 221 g/mol. The molecule has 0 saturated carbocycles. The van der Waals surface area contributed by atoms with E-state index < -0.39 is 0 Å². The highest BCUT2D eigenvalue weighted by atomic mass is 32.2. The van der Waals surface area contributed by atoms with Crippen LogP contribution in [-0.4, -0.2) is 15.9 Å². The minimum atomic E-state index is 0.377. The molecule has 1 aromatic heterocycles. The lowest BCUT2D eigenvalue weighted by atomic mass is 10.2. The van der Waals surface area contributed by atoms with E-state index in [1.165, 1.54) is 5.69 Å². The van der Waals surface area contributed by atoms with Crippen LogP contribution >= 0.6 is 11.8 Å². The molecule has 0 bridgehead atoms. The summed E-state index contributed by atoms with van der Waals surface area (Å²) in [5.41, 5.74) is 2.41. The number of phenolic OH excluding ortho intramolecular Hbond substituents is 1. The summed E-state index contributed by atoms with van der Waals surface area (Å²) >= 11 is 1.80. The number of phenols is 1. The summed E-state index contributed by atoms with van der Waals surface area (Å²) in [6.07, 6.45) is 2.09. The topological polar surface area (TPSA) is 25.2 Å². The Morgan fingerprint density at radius 3 is 2.87 bits per heavy atom. The number of thioether (sulfide) groups is 1. The predicted molar refractivity (Wildman–Crippen MR) is 66.5 cm³/mol. The number of aromatic nitrogens is 1. The number of benzene rings is 1. The van der Waals surface area contributed by atoms with Gasteiger partial charge in [0.15, 0.2) is 0 Å². The molecule has 1 heterocycles. The van der Waals surface area contributed by atoms with Gasteiger partial charge in [0.1, 0.15) is 5.75 Å². The Balaban J connectivity index is 2.67.